The molecule has 1 amide bonds. The van der Waals surface area contributed by atoms with Gasteiger partial charge in [-0.25, -0.2) is 0 Å². The van der Waals surface area contributed by atoms with Gasteiger partial charge in [-0.1, -0.05) is 5.16 Å². The summed E-state index contributed by atoms with van der Waals surface area (Å²) in [5.41, 5.74) is 1.15. The van der Waals surface area contributed by atoms with Crippen molar-refractivity contribution in [1.29, 1.82) is 0 Å². The summed E-state index contributed by atoms with van der Waals surface area (Å²) in [4.78, 5) is 13.8. The molecule has 0 aliphatic carbocycles. The van der Waals surface area contributed by atoms with Gasteiger partial charge in [-0.05, 0) is 26.7 Å². The van der Waals surface area contributed by atoms with Crippen molar-refractivity contribution >= 4 is 5.91 Å². The maximum absolute atomic E-state index is 12.2. The van der Waals surface area contributed by atoms with Crippen LogP contribution in [0.3, 0.4) is 0 Å². The van der Waals surface area contributed by atoms with E-state index in [1.165, 1.54) is 0 Å². The predicted molar refractivity (Wildman–Crippen MR) is 57.1 cm³/mol. The van der Waals surface area contributed by atoms with Crippen LogP contribution in [0.2, 0.25) is 0 Å². The number of carbonyl (C=O) groups is 1. The standard InChI is InChI=1S/C11H16N2O3/c1-7-10(8(2)16-12-7)11(15)13-5-3-4-9(14)6-13/h9,14H,3-6H2,1-2H3/t9-/m0/s1. The summed E-state index contributed by atoms with van der Waals surface area (Å²) in [6.45, 7) is 4.58. The summed E-state index contributed by atoms with van der Waals surface area (Å²) < 4.78 is 4.97. The molecule has 1 aromatic heterocycles. The molecule has 88 valence electrons. The van der Waals surface area contributed by atoms with Gasteiger partial charge in [-0.3, -0.25) is 4.79 Å². The number of β-amino-alcohol motifs (C(OH)–C–C–N with tert-alkyl or cyclic N) is 1. The predicted octanol–water partition coefficient (Wildman–Crippen LogP) is 0.888. The van der Waals surface area contributed by atoms with Gasteiger partial charge in [0.25, 0.3) is 5.91 Å². The Hall–Kier alpha value is -1.36. The monoisotopic (exact) mass is 224 g/mol. The highest BCUT2D eigenvalue weighted by molar-refractivity contribution is 5.96. The van der Waals surface area contributed by atoms with Crippen LogP contribution in [0.4, 0.5) is 0 Å². The fourth-order valence-electron chi connectivity index (χ4n) is 2.09. The third-order valence-corrected chi connectivity index (χ3v) is 2.93. The third kappa shape index (κ3) is 1.95. The van der Waals surface area contributed by atoms with E-state index >= 15 is 0 Å². The highest BCUT2D eigenvalue weighted by Gasteiger charge is 2.27. The first-order valence-corrected chi connectivity index (χ1v) is 5.50. The van der Waals surface area contributed by atoms with E-state index in [0.29, 0.717) is 30.1 Å². The van der Waals surface area contributed by atoms with Crippen molar-refractivity contribution in [2.45, 2.75) is 32.8 Å². The van der Waals surface area contributed by atoms with Crippen molar-refractivity contribution in [3.05, 3.63) is 17.0 Å². The first-order valence-electron chi connectivity index (χ1n) is 5.50. The van der Waals surface area contributed by atoms with Crippen LogP contribution in [0.1, 0.15) is 34.7 Å². The first-order chi connectivity index (χ1) is 7.59. The average Bonchev–Trinajstić information content (AvgIpc) is 2.58. The maximum atomic E-state index is 12.2. The second-order valence-electron chi connectivity index (χ2n) is 4.25. The van der Waals surface area contributed by atoms with Crippen LogP contribution in [-0.4, -0.2) is 40.3 Å². The van der Waals surface area contributed by atoms with Crippen molar-refractivity contribution < 1.29 is 14.4 Å². The summed E-state index contributed by atoms with van der Waals surface area (Å²) in [7, 11) is 0. The molecule has 5 heteroatoms. The number of hydrogen-bond acceptors (Lipinski definition) is 4. The molecule has 1 aliphatic heterocycles. The summed E-state index contributed by atoms with van der Waals surface area (Å²) >= 11 is 0. The lowest BCUT2D eigenvalue weighted by molar-refractivity contribution is 0.0471. The molecule has 2 rings (SSSR count). The molecule has 1 aliphatic rings. The third-order valence-electron chi connectivity index (χ3n) is 2.93. The van der Waals surface area contributed by atoms with E-state index in [1.807, 2.05) is 0 Å². The molecule has 1 aromatic rings. The quantitative estimate of drug-likeness (QED) is 0.769. The minimum atomic E-state index is -0.404. The molecule has 1 atom stereocenters. The largest absolute Gasteiger partial charge is 0.391 e. The number of aliphatic hydroxyl groups excluding tert-OH is 1. The number of hydrogen-bond donors (Lipinski definition) is 1. The minimum absolute atomic E-state index is 0.0880. The van der Waals surface area contributed by atoms with E-state index in [1.54, 1.807) is 18.7 Å². The molecular formula is C11H16N2O3. The van der Waals surface area contributed by atoms with E-state index in [4.69, 9.17) is 4.52 Å². The van der Waals surface area contributed by atoms with E-state index in [-0.39, 0.29) is 5.91 Å². The fraction of sp³-hybridized carbons (Fsp3) is 0.636. The van der Waals surface area contributed by atoms with Crippen molar-refractivity contribution in [3.63, 3.8) is 0 Å². The number of aryl methyl sites for hydroxylation is 2. The van der Waals surface area contributed by atoms with Crippen LogP contribution in [0, 0.1) is 13.8 Å². The smallest absolute Gasteiger partial charge is 0.259 e. The average molecular weight is 224 g/mol. The molecule has 1 fully saturated rings. The van der Waals surface area contributed by atoms with Gasteiger partial charge >= 0.3 is 0 Å². The van der Waals surface area contributed by atoms with Gasteiger partial charge in [0.2, 0.25) is 0 Å². The molecule has 0 spiro atoms. The fourth-order valence-corrected chi connectivity index (χ4v) is 2.09. The van der Waals surface area contributed by atoms with Gasteiger partial charge in [-0.15, -0.1) is 0 Å². The first kappa shape index (κ1) is 11.1. The zero-order chi connectivity index (χ0) is 11.7. The Morgan fingerprint density at radius 2 is 2.31 bits per heavy atom. The number of carbonyl (C=O) groups excluding carboxylic acids is 1. The van der Waals surface area contributed by atoms with Crippen LogP contribution in [-0.2, 0) is 0 Å². The molecule has 0 radical (unpaired) electrons. The summed E-state index contributed by atoms with van der Waals surface area (Å²) in [5.74, 6) is 0.456. The van der Waals surface area contributed by atoms with E-state index in [0.717, 1.165) is 12.8 Å². The van der Waals surface area contributed by atoms with Crippen LogP contribution in [0.15, 0.2) is 4.52 Å². The van der Waals surface area contributed by atoms with Crippen LogP contribution in [0.5, 0.6) is 0 Å². The van der Waals surface area contributed by atoms with Crippen molar-refractivity contribution in [3.8, 4) is 0 Å². The van der Waals surface area contributed by atoms with Gasteiger partial charge < -0.3 is 14.5 Å². The molecule has 0 saturated carbocycles. The maximum Gasteiger partial charge on any atom is 0.259 e. The highest BCUT2D eigenvalue weighted by Crippen LogP contribution is 2.18. The van der Waals surface area contributed by atoms with Crippen LogP contribution >= 0.6 is 0 Å². The van der Waals surface area contributed by atoms with Gasteiger partial charge in [0, 0.05) is 13.1 Å². The zero-order valence-electron chi connectivity index (χ0n) is 9.56. The lowest BCUT2D eigenvalue weighted by atomic mass is 10.1. The minimum Gasteiger partial charge on any atom is -0.391 e. The van der Waals surface area contributed by atoms with Crippen molar-refractivity contribution in [1.82, 2.24) is 10.1 Å². The normalized spacial score (nSPS) is 21.2. The van der Waals surface area contributed by atoms with E-state index in [2.05, 4.69) is 5.16 Å². The number of likely N-dealkylation sites (tertiary alicyclic amines) is 1. The number of rotatable bonds is 1. The topological polar surface area (TPSA) is 66.6 Å². The molecule has 0 aromatic carbocycles. The van der Waals surface area contributed by atoms with Crippen molar-refractivity contribution in [2.75, 3.05) is 13.1 Å². The van der Waals surface area contributed by atoms with Gasteiger partial charge in [-0.2, -0.15) is 0 Å². The Labute approximate surface area is 94.0 Å². The van der Waals surface area contributed by atoms with E-state index < -0.39 is 6.10 Å². The Morgan fingerprint density at radius 1 is 1.56 bits per heavy atom. The molecule has 16 heavy (non-hydrogen) atoms. The van der Waals surface area contributed by atoms with E-state index in [9.17, 15) is 9.90 Å². The number of nitrogens with zero attached hydrogens (tertiary/aromatic N) is 2. The molecule has 1 saturated heterocycles. The number of amides is 1. The Kier molecular flexibility index (Phi) is 2.96. The molecule has 1 N–H and O–H groups in total. The van der Waals surface area contributed by atoms with Gasteiger partial charge in [0.15, 0.2) is 0 Å². The molecule has 0 bridgehead atoms. The highest BCUT2D eigenvalue weighted by atomic mass is 16.5. The summed E-state index contributed by atoms with van der Waals surface area (Å²) in [5, 5.41) is 13.3. The second-order valence-corrected chi connectivity index (χ2v) is 4.25. The second kappa shape index (κ2) is 4.25. The molecule has 0 unspecified atom stereocenters. The number of aliphatic hydroxyl groups is 1. The Bertz CT molecular complexity index is 380. The summed E-state index contributed by atoms with van der Waals surface area (Å²) in [6, 6.07) is 0. The Balaban J connectivity index is 2.18. The van der Waals surface area contributed by atoms with Crippen molar-refractivity contribution in [2.24, 2.45) is 0 Å². The Morgan fingerprint density at radius 3 is 2.88 bits per heavy atom. The van der Waals surface area contributed by atoms with Crippen LogP contribution < -0.4 is 0 Å². The lowest BCUT2D eigenvalue weighted by Crippen LogP contribution is -2.42. The summed E-state index contributed by atoms with van der Waals surface area (Å²) in [6.07, 6.45) is 1.21. The molecule has 5 nitrogen and oxygen atoms in total. The molecular weight excluding hydrogens is 208 g/mol. The lowest BCUT2D eigenvalue weighted by Gasteiger charge is -2.29. The SMILES string of the molecule is Cc1noc(C)c1C(=O)N1CCC[C@H](O)C1. The number of aromatic nitrogens is 1. The zero-order valence-corrected chi connectivity index (χ0v) is 9.56. The number of piperidine rings is 1. The van der Waals surface area contributed by atoms with Crippen LogP contribution in [0.25, 0.3) is 0 Å². The van der Waals surface area contributed by atoms with Gasteiger partial charge in [0.05, 0.1) is 11.8 Å². The molecule has 2 heterocycles. The van der Waals surface area contributed by atoms with Gasteiger partial charge in [0.1, 0.15) is 11.3 Å².